The molecule has 0 bridgehead atoms. The van der Waals surface area contributed by atoms with Crippen molar-refractivity contribution in [2.45, 2.75) is 46.6 Å². The first-order valence-corrected chi connectivity index (χ1v) is 7.35. The predicted octanol–water partition coefficient (Wildman–Crippen LogP) is 3.02. The summed E-state index contributed by atoms with van der Waals surface area (Å²) >= 11 is 0. The van der Waals surface area contributed by atoms with Crippen LogP contribution in [0.1, 0.15) is 48.2 Å². The molecule has 1 saturated heterocycles. The minimum atomic E-state index is -0.917. The van der Waals surface area contributed by atoms with E-state index in [-0.39, 0.29) is 5.91 Å². The molecule has 0 saturated carbocycles. The van der Waals surface area contributed by atoms with E-state index in [1.54, 1.807) is 4.90 Å². The molecule has 1 aliphatic heterocycles. The molecule has 0 aromatic heterocycles. The Morgan fingerprint density at radius 2 is 1.81 bits per heavy atom. The third-order valence-corrected chi connectivity index (χ3v) is 4.46. The van der Waals surface area contributed by atoms with Gasteiger partial charge in [0.25, 0.3) is 5.91 Å². The molecular weight excluding hydrogens is 266 g/mol. The Morgan fingerprint density at radius 3 is 2.33 bits per heavy atom. The van der Waals surface area contributed by atoms with Gasteiger partial charge in [-0.05, 0) is 43.2 Å². The number of amides is 1. The second-order valence-corrected chi connectivity index (χ2v) is 6.60. The van der Waals surface area contributed by atoms with Crippen molar-refractivity contribution in [1.82, 2.24) is 4.90 Å². The van der Waals surface area contributed by atoms with Gasteiger partial charge >= 0.3 is 5.97 Å². The minimum absolute atomic E-state index is 0.161. The van der Waals surface area contributed by atoms with E-state index in [0.717, 1.165) is 24.0 Å². The third kappa shape index (κ3) is 2.80. The Bertz CT molecular complexity index is 557. The summed E-state index contributed by atoms with van der Waals surface area (Å²) < 4.78 is 0. The molecule has 1 unspecified atom stereocenters. The van der Waals surface area contributed by atoms with Crippen molar-refractivity contribution in [2.24, 2.45) is 5.41 Å². The monoisotopic (exact) mass is 289 g/mol. The van der Waals surface area contributed by atoms with Gasteiger partial charge in [-0.15, -0.1) is 0 Å². The van der Waals surface area contributed by atoms with Crippen molar-refractivity contribution in [3.63, 3.8) is 0 Å². The first kappa shape index (κ1) is 15.5. The van der Waals surface area contributed by atoms with E-state index in [1.165, 1.54) is 0 Å². The molecule has 114 valence electrons. The van der Waals surface area contributed by atoms with Gasteiger partial charge in [0.2, 0.25) is 0 Å². The number of hydrogen-bond donors (Lipinski definition) is 1. The van der Waals surface area contributed by atoms with Crippen LogP contribution in [0.4, 0.5) is 0 Å². The van der Waals surface area contributed by atoms with Crippen LogP contribution in [-0.2, 0) is 4.79 Å². The fraction of sp³-hybridized carbons (Fsp3) is 0.529. The number of hydrogen-bond acceptors (Lipinski definition) is 2. The van der Waals surface area contributed by atoms with Gasteiger partial charge in [0, 0.05) is 12.1 Å². The fourth-order valence-electron chi connectivity index (χ4n) is 3.37. The zero-order chi connectivity index (χ0) is 15.8. The number of nitrogens with zero attached hydrogens (tertiary/aromatic N) is 1. The molecule has 1 fully saturated rings. The maximum atomic E-state index is 12.9. The van der Waals surface area contributed by atoms with Gasteiger partial charge in [0.15, 0.2) is 0 Å². The van der Waals surface area contributed by atoms with Crippen molar-refractivity contribution in [3.8, 4) is 0 Å². The maximum Gasteiger partial charge on any atom is 0.326 e. The molecule has 1 aromatic rings. The molecular formula is C17H23NO3. The van der Waals surface area contributed by atoms with Gasteiger partial charge in [-0.2, -0.15) is 0 Å². The molecule has 4 heteroatoms. The van der Waals surface area contributed by atoms with Gasteiger partial charge in [-0.3, -0.25) is 4.79 Å². The average Bonchev–Trinajstić information content (AvgIpc) is 2.36. The number of carboxylic acid groups (broad SMARTS) is 1. The van der Waals surface area contributed by atoms with Crippen LogP contribution in [0.15, 0.2) is 18.2 Å². The molecule has 2 rings (SSSR count). The topological polar surface area (TPSA) is 57.6 Å². The zero-order valence-corrected chi connectivity index (χ0v) is 13.1. The van der Waals surface area contributed by atoms with Gasteiger partial charge in [-0.1, -0.05) is 32.0 Å². The van der Waals surface area contributed by atoms with Crippen LogP contribution in [0, 0.1) is 19.3 Å². The van der Waals surface area contributed by atoms with E-state index in [1.807, 2.05) is 45.9 Å². The van der Waals surface area contributed by atoms with Gasteiger partial charge in [0.05, 0.1) is 0 Å². The van der Waals surface area contributed by atoms with Gasteiger partial charge < -0.3 is 10.0 Å². The molecule has 0 aliphatic carbocycles. The lowest BCUT2D eigenvalue weighted by molar-refractivity contribution is -0.148. The fourth-order valence-corrected chi connectivity index (χ4v) is 3.37. The van der Waals surface area contributed by atoms with Crippen molar-refractivity contribution in [3.05, 3.63) is 34.9 Å². The van der Waals surface area contributed by atoms with E-state index in [2.05, 4.69) is 0 Å². The highest BCUT2D eigenvalue weighted by Crippen LogP contribution is 2.36. The molecule has 1 aromatic carbocycles. The lowest BCUT2D eigenvalue weighted by atomic mass is 9.76. The highest BCUT2D eigenvalue weighted by Gasteiger charge is 2.44. The molecule has 1 N–H and O–H groups in total. The summed E-state index contributed by atoms with van der Waals surface area (Å²) in [7, 11) is 0. The number of likely N-dealkylation sites (tertiary alicyclic amines) is 1. The Hall–Kier alpha value is -1.84. The molecule has 1 heterocycles. The molecule has 4 nitrogen and oxygen atoms in total. The van der Waals surface area contributed by atoms with Crippen LogP contribution in [0.3, 0.4) is 0 Å². The van der Waals surface area contributed by atoms with Crippen LogP contribution in [0.25, 0.3) is 0 Å². The largest absolute Gasteiger partial charge is 0.480 e. The lowest BCUT2D eigenvalue weighted by Gasteiger charge is -2.44. The first-order chi connectivity index (χ1) is 9.75. The Labute approximate surface area is 125 Å². The number of carbonyl (C=O) groups is 2. The maximum absolute atomic E-state index is 12.9. The van der Waals surface area contributed by atoms with E-state index in [0.29, 0.717) is 12.1 Å². The molecule has 0 radical (unpaired) electrons. The van der Waals surface area contributed by atoms with Crippen LogP contribution in [-0.4, -0.2) is 34.5 Å². The Balaban J connectivity index is 2.44. The van der Waals surface area contributed by atoms with Gasteiger partial charge in [0.1, 0.15) is 6.04 Å². The van der Waals surface area contributed by atoms with E-state index in [9.17, 15) is 14.7 Å². The predicted molar refractivity (Wildman–Crippen MR) is 81.4 cm³/mol. The second-order valence-electron chi connectivity index (χ2n) is 6.60. The number of benzene rings is 1. The molecule has 1 amide bonds. The Kier molecular flexibility index (Phi) is 4.08. The first-order valence-electron chi connectivity index (χ1n) is 7.35. The Morgan fingerprint density at radius 1 is 1.24 bits per heavy atom. The van der Waals surface area contributed by atoms with Crippen molar-refractivity contribution < 1.29 is 14.7 Å². The zero-order valence-electron chi connectivity index (χ0n) is 13.1. The number of aryl methyl sites for hydroxylation is 2. The highest BCUT2D eigenvalue weighted by atomic mass is 16.4. The molecule has 0 spiro atoms. The normalized spacial score (nSPS) is 21.1. The SMILES string of the molecule is Cc1cccc(C)c1C(=O)N1CCCC(C)(C)C1C(=O)O. The smallest absolute Gasteiger partial charge is 0.326 e. The summed E-state index contributed by atoms with van der Waals surface area (Å²) in [4.78, 5) is 26.1. The van der Waals surface area contributed by atoms with Crippen molar-refractivity contribution in [2.75, 3.05) is 6.54 Å². The summed E-state index contributed by atoms with van der Waals surface area (Å²) in [5.74, 6) is -1.08. The van der Waals surface area contributed by atoms with Crippen molar-refractivity contribution in [1.29, 1.82) is 0 Å². The summed E-state index contributed by atoms with van der Waals surface area (Å²) in [6.07, 6.45) is 1.66. The number of rotatable bonds is 2. The number of carbonyl (C=O) groups excluding carboxylic acids is 1. The summed E-state index contributed by atoms with van der Waals surface area (Å²) in [5.41, 5.74) is 2.03. The number of carboxylic acids is 1. The quantitative estimate of drug-likeness (QED) is 0.910. The third-order valence-electron chi connectivity index (χ3n) is 4.46. The van der Waals surface area contributed by atoms with Crippen LogP contribution < -0.4 is 0 Å². The molecule has 1 aliphatic rings. The molecule has 1 atom stereocenters. The van der Waals surface area contributed by atoms with Crippen molar-refractivity contribution >= 4 is 11.9 Å². The minimum Gasteiger partial charge on any atom is -0.480 e. The summed E-state index contributed by atoms with van der Waals surface area (Å²) in [6.45, 7) is 8.15. The van der Waals surface area contributed by atoms with E-state index >= 15 is 0 Å². The van der Waals surface area contributed by atoms with E-state index in [4.69, 9.17) is 0 Å². The lowest BCUT2D eigenvalue weighted by Crippen LogP contribution is -2.56. The summed E-state index contributed by atoms with van der Waals surface area (Å²) in [5, 5.41) is 9.58. The van der Waals surface area contributed by atoms with Crippen LogP contribution >= 0.6 is 0 Å². The average molecular weight is 289 g/mol. The number of aliphatic carboxylic acids is 1. The summed E-state index contributed by atoms with van der Waals surface area (Å²) in [6, 6.07) is 4.93. The van der Waals surface area contributed by atoms with Crippen LogP contribution in [0.2, 0.25) is 0 Å². The standard InChI is InChI=1S/C17H23NO3/c1-11-7-5-8-12(2)13(11)15(19)18-10-6-9-17(3,4)14(18)16(20)21/h5,7-8,14H,6,9-10H2,1-4H3,(H,20,21). The second kappa shape index (κ2) is 5.51. The highest BCUT2D eigenvalue weighted by molar-refractivity contribution is 5.99. The molecule has 21 heavy (non-hydrogen) atoms. The number of piperidine rings is 1. The van der Waals surface area contributed by atoms with Gasteiger partial charge in [-0.25, -0.2) is 4.79 Å². The van der Waals surface area contributed by atoms with E-state index < -0.39 is 17.4 Å². The van der Waals surface area contributed by atoms with Crippen LogP contribution in [0.5, 0.6) is 0 Å².